The maximum atomic E-state index is 12.1. The topological polar surface area (TPSA) is 72.7 Å². The summed E-state index contributed by atoms with van der Waals surface area (Å²) < 4.78 is 1.75. The van der Waals surface area contributed by atoms with E-state index in [9.17, 15) is 4.79 Å². The smallest absolute Gasteiger partial charge is 0.293 e. The quantitative estimate of drug-likeness (QED) is 0.893. The standard InChI is InChI=1S/C13H15N5O/c1-9-14-5-4-10(17-9)8-16-12-13(19)18(7-6-15-12)11-2-3-11/h4-7,11H,2-3,8H2,1H3,(H,15,16). The molecule has 1 N–H and O–H groups in total. The minimum absolute atomic E-state index is 0.0595. The van der Waals surface area contributed by atoms with E-state index in [0.717, 1.165) is 24.4 Å². The molecule has 0 saturated heterocycles. The van der Waals surface area contributed by atoms with Crippen LogP contribution < -0.4 is 10.9 Å². The Morgan fingerprint density at radius 3 is 2.95 bits per heavy atom. The summed E-state index contributed by atoms with van der Waals surface area (Å²) in [6, 6.07) is 2.18. The van der Waals surface area contributed by atoms with E-state index < -0.39 is 0 Å². The molecule has 2 aromatic heterocycles. The Morgan fingerprint density at radius 2 is 2.21 bits per heavy atom. The number of anilines is 1. The van der Waals surface area contributed by atoms with Gasteiger partial charge >= 0.3 is 0 Å². The lowest BCUT2D eigenvalue weighted by atomic mass is 10.4. The third-order valence-electron chi connectivity index (χ3n) is 3.08. The second-order valence-corrected chi connectivity index (χ2v) is 4.67. The van der Waals surface area contributed by atoms with Gasteiger partial charge in [0.2, 0.25) is 0 Å². The summed E-state index contributed by atoms with van der Waals surface area (Å²) in [5.74, 6) is 1.10. The lowest BCUT2D eigenvalue weighted by molar-refractivity contribution is 0.699. The van der Waals surface area contributed by atoms with Crippen molar-refractivity contribution in [3.05, 3.63) is 46.5 Å². The monoisotopic (exact) mass is 257 g/mol. The van der Waals surface area contributed by atoms with Crippen molar-refractivity contribution in [1.29, 1.82) is 0 Å². The van der Waals surface area contributed by atoms with Crippen LogP contribution in [0, 0.1) is 6.92 Å². The van der Waals surface area contributed by atoms with Crippen molar-refractivity contribution >= 4 is 5.82 Å². The number of hydrogen-bond donors (Lipinski definition) is 1. The number of nitrogens with one attached hydrogen (secondary N) is 1. The molecule has 0 atom stereocenters. The predicted molar refractivity (Wildman–Crippen MR) is 70.9 cm³/mol. The van der Waals surface area contributed by atoms with Crippen LogP contribution in [0.25, 0.3) is 0 Å². The molecule has 1 saturated carbocycles. The Bertz CT molecular complexity index is 647. The van der Waals surface area contributed by atoms with Gasteiger partial charge in [0.05, 0.1) is 12.2 Å². The largest absolute Gasteiger partial charge is 0.360 e. The fourth-order valence-electron chi connectivity index (χ4n) is 1.96. The summed E-state index contributed by atoms with van der Waals surface area (Å²) in [4.78, 5) is 24.6. The molecule has 0 aromatic carbocycles. The zero-order valence-electron chi connectivity index (χ0n) is 10.7. The molecule has 0 spiro atoms. The Balaban J connectivity index is 1.77. The molecule has 0 radical (unpaired) electrons. The van der Waals surface area contributed by atoms with Crippen LogP contribution in [0.15, 0.2) is 29.5 Å². The average Bonchev–Trinajstić information content (AvgIpc) is 3.22. The van der Waals surface area contributed by atoms with Crippen LogP contribution in [-0.4, -0.2) is 19.5 Å². The van der Waals surface area contributed by atoms with Gasteiger partial charge in [-0.25, -0.2) is 15.0 Å². The second kappa shape index (κ2) is 4.79. The molecule has 1 aliphatic carbocycles. The van der Waals surface area contributed by atoms with Gasteiger partial charge in [-0.1, -0.05) is 0 Å². The Hall–Kier alpha value is -2.24. The highest BCUT2D eigenvalue weighted by Gasteiger charge is 2.25. The summed E-state index contributed by atoms with van der Waals surface area (Å²) >= 11 is 0. The van der Waals surface area contributed by atoms with E-state index in [1.165, 1.54) is 0 Å². The Labute approximate surface area is 110 Å². The number of nitrogens with zero attached hydrogens (tertiary/aromatic N) is 4. The fourth-order valence-corrected chi connectivity index (χ4v) is 1.96. The van der Waals surface area contributed by atoms with Crippen LogP contribution >= 0.6 is 0 Å². The molecule has 19 heavy (non-hydrogen) atoms. The maximum absolute atomic E-state index is 12.1. The lowest BCUT2D eigenvalue weighted by Crippen LogP contribution is -2.23. The van der Waals surface area contributed by atoms with E-state index in [1.807, 2.05) is 13.0 Å². The number of aryl methyl sites for hydroxylation is 1. The minimum Gasteiger partial charge on any atom is -0.360 e. The normalized spacial score (nSPS) is 14.4. The first kappa shape index (κ1) is 11.8. The van der Waals surface area contributed by atoms with Crippen molar-refractivity contribution in [2.45, 2.75) is 32.4 Å². The summed E-state index contributed by atoms with van der Waals surface area (Å²) in [5.41, 5.74) is 0.784. The van der Waals surface area contributed by atoms with Gasteiger partial charge < -0.3 is 9.88 Å². The molecular formula is C13H15N5O. The van der Waals surface area contributed by atoms with Crippen LogP contribution in [0.1, 0.15) is 30.4 Å². The zero-order chi connectivity index (χ0) is 13.2. The molecule has 2 heterocycles. The van der Waals surface area contributed by atoms with Gasteiger partial charge in [0.15, 0.2) is 5.82 Å². The van der Waals surface area contributed by atoms with Crippen LogP contribution in [0.3, 0.4) is 0 Å². The van der Waals surface area contributed by atoms with E-state index in [1.54, 1.807) is 23.2 Å². The van der Waals surface area contributed by atoms with Gasteiger partial charge in [-0.3, -0.25) is 4.79 Å². The van der Waals surface area contributed by atoms with E-state index in [0.29, 0.717) is 18.4 Å². The van der Waals surface area contributed by atoms with Crippen LogP contribution in [0.5, 0.6) is 0 Å². The van der Waals surface area contributed by atoms with Crippen molar-refractivity contribution in [2.75, 3.05) is 5.32 Å². The molecule has 6 nitrogen and oxygen atoms in total. The molecule has 3 rings (SSSR count). The number of hydrogen-bond acceptors (Lipinski definition) is 5. The van der Waals surface area contributed by atoms with Crippen LogP contribution in [0.4, 0.5) is 5.82 Å². The third-order valence-corrected chi connectivity index (χ3v) is 3.08. The van der Waals surface area contributed by atoms with Gasteiger partial charge in [-0.05, 0) is 25.8 Å². The maximum Gasteiger partial charge on any atom is 0.293 e. The van der Waals surface area contributed by atoms with Crippen LogP contribution in [-0.2, 0) is 6.54 Å². The molecule has 6 heteroatoms. The first-order chi connectivity index (χ1) is 9.24. The van der Waals surface area contributed by atoms with Gasteiger partial charge in [-0.2, -0.15) is 0 Å². The van der Waals surface area contributed by atoms with Gasteiger partial charge in [0, 0.05) is 24.6 Å². The molecule has 0 aliphatic heterocycles. The van der Waals surface area contributed by atoms with Crippen LogP contribution in [0.2, 0.25) is 0 Å². The predicted octanol–water partition coefficient (Wildman–Crippen LogP) is 1.29. The highest BCUT2D eigenvalue weighted by atomic mass is 16.1. The van der Waals surface area contributed by atoms with E-state index in [2.05, 4.69) is 20.3 Å². The summed E-state index contributed by atoms with van der Waals surface area (Å²) in [5, 5.41) is 3.04. The summed E-state index contributed by atoms with van der Waals surface area (Å²) in [6.45, 7) is 2.31. The first-order valence-electron chi connectivity index (χ1n) is 6.33. The van der Waals surface area contributed by atoms with E-state index in [4.69, 9.17) is 0 Å². The van der Waals surface area contributed by atoms with E-state index in [-0.39, 0.29) is 5.56 Å². The number of rotatable bonds is 4. The second-order valence-electron chi connectivity index (χ2n) is 4.67. The zero-order valence-corrected chi connectivity index (χ0v) is 10.7. The van der Waals surface area contributed by atoms with Crippen molar-refractivity contribution in [2.24, 2.45) is 0 Å². The minimum atomic E-state index is -0.0595. The van der Waals surface area contributed by atoms with E-state index >= 15 is 0 Å². The Kier molecular flexibility index (Phi) is 2.98. The van der Waals surface area contributed by atoms with Crippen molar-refractivity contribution in [3.63, 3.8) is 0 Å². The molecule has 98 valence electrons. The van der Waals surface area contributed by atoms with Gasteiger partial charge in [0.1, 0.15) is 5.82 Å². The average molecular weight is 257 g/mol. The summed E-state index contributed by atoms with van der Waals surface area (Å²) in [7, 11) is 0. The lowest BCUT2D eigenvalue weighted by Gasteiger charge is -2.07. The van der Waals surface area contributed by atoms with Crippen molar-refractivity contribution in [3.8, 4) is 0 Å². The molecule has 1 aliphatic rings. The van der Waals surface area contributed by atoms with Gasteiger partial charge in [0.25, 0.3) is 5.56 Å². The van der Waals surface area contributed by atoms with Crippen molar-refractivity contribution < 1.29 is 0 Å². The summed E-state index contributed by atoms with van der Waals surface area (Å²) in [6.07, 6.45) is 7.27. The highest BCUT2D eigenvalue weighted by Crippen LogP contribution is 2.33. The SMILES string of the molecule is Cc1nccc(CNc2nccn(C3CC3)c2=O)n1. The molecule has 1 fully saturated rings. The molecule has 0 unspecified atom stereocenters. The first-order valence-corrected chi connectivity index (χ1v) is 6.33. The third kappa shape index (κ3) is 2.62. The molecule has 0 bridgehead atoms. The number of aromatic nitrogens is 4. The fraction of sp³-hybridized carbons (Fsp3) is 0.385. The Morgan fingerprint density at radius 1 is 1.37 bits per heavy atom. The van der Waals surface area contributed by atoms with Crippen molar-refractivity contribution in [1.82, 2.24) is 19.5 Å². The molecule has 2 aromatic rings. The molecular weight excluding hydrogens is 242 g/mol. The molecule has 0 amide bonds. The highest BCUT2D eigenvalue weighted by molar-refractivity contribution is 5.32. The van der Waals surface area contributed by atoms with Gasteiger partial charge in [-0.15, -0.1) is 0 Å².